The fraction of sp³-hybridized carbons (Fsp3) is 0.308. The molecule has 0 saturated carbocycles. The average molecular weight is 269 g/mol. The van der Waals surface area contributed by atoms with Gasteiger partial charge in [0, 0.05) is 18.4 Å². The van der Waals surface area contributed by atoms with Crippen LogP contribution < -0.4 is 5.32 Å². The zero-order chi connectivity index (χ0) is 13.9. The van der Waals surface area contributed by atoms with Gasteiger partial charge in [0.05, 0.1) is 12.1 Å². The average Bonchev–Trinajstić information content (AvgIpc) is 2.88. The summed E-state index contributed by atoms with van der Waals surface area (Å²) in [5.41, 5.74) is 0.175. The summed E-state index contributed by atoms with van der Waals surface area (Å²) in [6.07, 6.45) is -0.914. The summed E-state index contributed by atoms with van der Waals surface area (Å²) in [5, 5.41) is 3.18. The fourth-order valence-electron chi connectivity index (χ4n) is 1.72. The molecule has 0 radical (unpaired) electrons. The van der Waals surface area contributed by atoms with Crippen LogP contribution in [-0.4, -0.2) is 9.97 Å². The first-order valence-electron chi connectivity index (χ1n) is 5.85. The number of halogens is 3. The first kappa shape index (κ1) is 13.6. The molecule has 1 heterocycles. The number of H-pyrrole nitrogens is 1. The molecule has 6 heteroatoms. The Morgan fingerprint density at radius 2 is 1.95 bits per heavy atom. The zero-order valence-electron chi connectivity index (χ0n) is 10.3. The van der Waals surface area contributed by atoms with Gasteiger partial charge in [0.2, 0.25) is 0 Å². The predicted molar refractivity (Wildman–Crippen MR) is 65.3 cm³/mol. The molecule has 3 nitrogen and oxygen atoms in total. The van der Waals surface area contributed by atoms with Crippen LogP contribution >= 0.6 is 0 Å². The lowest BCUT2D eigenvalue weighted by atomic mass is 10.1. The van der Waals surface area contributed by atoms with Gasteiger partial charge in [-0.3, -0.25) is 0 Å². The smallest absolute Gasteiger partial charge is 0.348 e. The van der Waals surface area contributed by atoms with E-state index in [1.54, 1.807) is 12.4 Å². The van der Waals surface area contributed by atoms with Gasteiger partial charge in [0.15, 0.2) is 0 Å². The highest BCUT2D eigenvalue weighted by Crippen LogP contribution is 2.29. The maximum Gasteiger partial charge on any atom is 0.416 e. The van der Waals surface area contributed by atoms with Gasteiger partial charge in [-0.05, 0) is 24.6 Å². The molecule has 2 rings (SSSR count). The van der Waals surface area contributed by atoms with Crippen LogP contribution in [0.2, 0.25) is 0 Å². The third-order valence-electron chi connectivity index (χ3n) is 2.87. The first-order chi connectivity index (χ1) is 8.97. The molecule has 0 saturated heterocycles. The quantitative estimate of drug-likeness (QED) is 0.894. The molecule has 0 fully saturated rings. The van der Waals surface area contributed by atoms with Gasteiger partial charge in [-0.15, -0.1) is 0 Å². The van der Waals surface area contributed by atoms with E-state index in [0.29, 0.717) is 6.54 Å². The fourth-order valence-corrected chi connectivity index (χ4v) is 1.72. The highest BCUT2D eigenvalue weighted by Gasteiger charge is 2.30. The minimum absolute atomic E-state index is 0.0487. The number of nitrogens with one attached hydrogen (secondary N) is 2. The maximum atomic E-state index is 12.4. The van der Waals surface area contributed by atoms with Crippen molar-refractivity contribution in [3.05, 3.63) is 53.6 Å². The lowest BCUT2D eigenvalue weighted by Gasteiger charge is -2.14. The van der Waals surface area contributed by atoms with Crippen molar-refractivity contribution in [1.82, 2.24) is 15.3 Å². The van der Waals surface area contributed by atoms with Crippen LogP contribution in [0.4, 0.5) is 13.2 Å². The van der Waals surface area contributed by atoms with Crippen LogP contribution in [0.25, 0.3) is 0 Å². The number of nitrogens with zero attached hydrogens (tertiary/aromatic N) is 1. The maximum absolute atomic E-state index is 12.4. The van der Waals surface area contributed by atoms with Crippen molar-refractivity contribution in [2.24, 2.45) is 0 Å². The van der Waals surface area contributed by atoms with Gasteiger partial charge in [0.1, 0.15) is 5.82 Å². The summed E-state index contributed by atoms with van der Waals surface area (Å²) >= 11 is 0. The largest absolute Gasteiger partial charge is 0.416 e. The molecule has 1 atom stereocenters. The van der Waals surface area contributed by atoms with Crippen LogP contribution in [0.3, 0.4) is 0 Å². The molecule has 0 aliphatic rings. The normalized spacial score (nSPS) is 13.5. The van der Waals surface area contributed by atoms with Gasteiger partial charge >= 0.3 is 6.18 Å². The molecule has 0 aliphatic heterocycles. The Kier molecular flexibility index (Phi) is 3.90. The van der Waals surface area contributed by atoms with E-state index < -0.39 is 11.7 Å². The molecule has 102 valence electrons. The van der Waals surface area contributed by atoms with E-state index in [-0.39, 0.29) is 6.04 Å². The number of benzene rings is 1. The minimum Gasteiger partial charge on any atom is -0.348 e. The molecule has 2 aromatic rings. The monoisotopic (exact) mass is 269 g/mol. The molecule has 0 spiro atoms. The lowest BCUT2D eigenvalue weighted by Crippen LogP contribution is -2.19. The van der Waals surface area contributed by atoms with Gasteiger partial charge in [-0.2, -0.15) is 13.2 Å². The SMILES string of the molecule is CC(NCc1ncc[nH]1)c1ccc(C(F)(F)F)cc1. The van der Waals surface area contributed by atoms with E-state index in [1.807, 2.05) is 6.92 Å². The van der Waals surface area contributed by atoms with E-state index in [1.165, 1.54) is 12.1 Å². The van der Waals surface area contributed by atoms with E-state index in [2.05, 4.69) is 15.3 Å². The molecule has 0 bridgehead atoms. The predicted octanol–water partition coefficient (Wildman–Crippen LogP) is 3.28. The van der Waals surface area contributed by atoms with Crippen molar-refractivity contribution in [2.45, 2.75) is 25.7 Å². The van der Waals surface area contributed by atoms with Crippen molar-refractivity contribution < 1.29 is 13.2 Å². The van der Waals surface area contributed by atoms with Crippen molar-refractivity contribution >= 4 is 0 Å². The van der Waals surface area contributed by atoms with Crippen LogP contribution in [-0.2, 0) is 12.7 Å². The van der Waals surface area contributed by atoms with Crippen LogP contribution in [0.15, 0.2) is 36.7 Å². The highest BCUT2D eigenvalue weighted by atomic mass is 19.4. The van der Waals surface area contributed by atoms with Crippen LogP contribution in [0.1, 0.15) is 29.9 Å². The Hall–Kier alpha value is -1.82. The third kappa shape index (κ3) is 3.57. The minimum atomic E-state index is -4.29. The number of imidazole rings is 1. The molecule has 1 unspecified atom stereocenters. The molecular weight excluding hydrogens is 255 g/mol. The Bertz CT molecular complexity index is 503. The van der Waals surface area contributed by atoms with Gasteiger partial charge in [0.25, 0.3) is 0 Å². The van der Waals surface area contributed by atoms with E-state index in [4.69, 9.17) is 0 Å². The number of rotatable bonds is 4. The summed E-state index contributed by atoms with van der Waals surface area (Å²) < 4.78 is 37.3. The Labute approximate surface area is 108 Å². The second kappa shape index (κ2) is 5.44. The molecule has 0 amide bonds. The molecule has 1 aromatic heterocycles. The number of hydrogen-bond acceptors (Lipinski definition) is 2. The van der Waals surface area contributed by atoms with E-state index >= 15 is 0 Å². The zero-order valence-corrected chi connectivity index (χ0v) is 10.3. The molecule has 1 aromatic carbocycles. The van der Waals surface area contributed by atoms with Crippen molar-refractivity contribution in [2.75, 3.05) is 0 Å². The van der Waals surface area contributed by atoms with Crippen molar-refractivity contribution in [1.29, 1.82) is 0 Å². The van der Waals surface area contributed by atoms with Gasteiger partial charge in [-0.1, -0.05) is 12.1 Å². The summed E-state index contributed by atoms with van der Waals surface area (Å²) in [6.45, 7) is 2.43. The summed E-state index contributed by atoms with van der Waals surface area (Å²) in [7, 11) is 0. The topological polar surface area (TPSA) is 40.7 Å². The molecular formula is C13H14F3N3. The Balaban J connectivity index is 1.97. The highest BCUT2D eigenvalue weighted by molar-refractivity contribution is 5.26. The molecule has 2 N–H and O–H groups in total. The van der Waals surface area contributed by atoms with Crippen molar-refractivity contribution in [3.63, 3.8) is 0 Å². The van der Waals surface area contributed by atoms with Gasteiger partial charge < -0.3 is 10.3 Å². The second-order valence-electron chi connectivity index (χ2n) is 4.26. The second-order valence-corrected chi connectivity index (χ2v) is 4.26. The van der Waals surface area contributed by atoms with Crippen LogP contribution in [0, 0.1) is 0 Å². The number of alkyl halides is 3. The number of aromatic nitrogens is 2. The molecule has 0 aliphatic carbocycles. The standard InChI is InChI=1S/C13H14F3N3/c1-9(19-8-12-17-6-7-18-12)10-2-4-11(5-3-10)13(14,15)16/h2-7,9,19H,8H2,1H3,(H,17,18). The number of aromatic amines is 1. The first-order valence-corrected chi connectivity index (χ1v) is 5.85. The van der Waals surface area contributed by atoms with E-state index in [9.17, 15) is 13.2 Å². The summed E-state index contributed by atoms with van der Waals surface area (Å²) in [6, 6.07) is 5.12. The van der Waals surface area contributed by atoms with Crippen molar-refractivity contribution in [3.8, 4) is 0 Å². The van der Waals surface area contributed by atoms with Crippen LogP contribution in [0.5, 0.6) is 0 Å². The summed E-state index contributed by atoms with van der Waals surface area (Å²) in [4.78, 5) is 7.01. The molecule has 19 heavy (non-hydrogen) atoms. The summed E-state index contributed by atoms with van der Waals surface area (Å²) in [5.74, 6) is 0.791. The number of hydrogen-bond donors (Lipinski definition) is 2. The van der Waals surface area contributed by atoms with E-state index in [0.717, 1.165) is 23.5 Å². The Morgan fingerprint density at radius 3 is 2.47 bits per heavy atom. The van der Waals surface area contributed by atoms with Gasteiger partial charge in [-0.25, -0.2) is 4.98 Å². The Morgan fingerprint density at radius 1 is 1.26 bits per heavy atom. The lowest BCUT2D eigenvalue weighted by molar-refractivity contribution is -0.137. The third-order valence-corrected chi connectivity index (χ3v) is 2.87.